The van der Waals surface area contributed by atoms with Gasteiger partial charge in [-0.3, -0.25) is 0 Å². The first-order valence-corrected chi connectivity index (χ1v) is 8.89. The average Bonchev–Trinajstić information content (AvgIpc) is 3.09. The largest absolute Gasteiger partial charge is 0.508 e. The Hall–Kier alpha value is -3.20. The van der Waals surface area contributed by atoms with Gasteiger partial charge in [-0.15, -0.1) is 11.3 Å². The van der Waals surface area contributed by atoms with E-state index >= 15 is 0 Å². The third kappa shape index (κ3) is 3.61. The Morgan fingerprint density at radius 2 is 1.89 bits per heavy atom. The van der Waals surface area contributed by atoms with Crippen molar-refractivity contribution >= 4 is 22.4 Å². The summed E-state index contributed by atoms with van der Waals surface area (Å²) in [5.41, 5.74) is 2.88. The molecule has 4 rings (SSSR count). The number of rotatable bonds is 4. The molecule has 2 heterocycles. The van der Waals surface area contributed by atoms with Gasteiger partial charge in [-0.1, -0.05) is 0 Å². The fraction of sp³-hybridized carbons (Fsp3) is 0.105. The van der Waals surface area contributed by atoms with Crippen molar-refractivity contribution < 1.29 is 23.0 Å². The second-order valence-electron chi connectivity index (χ2n) is 5.99. The molecule has 0 amide bonds. The number of hydrogen-bond donors (Lipinski definition) is 1. The molecule has 0 spiro atoms. The van der Waals surface area contributed by atoms with E-state index in [1.54, 1.807) is 12.3 Å². The molecule has 28 heavy (non-hydrogen) atoms. The maximum atomic E-state index is 13.6. The normalized spacial score (nSPS) is 11.3. The van der Waals surface area contributed by atoms with Crippen LogP contribution < -0.4 is 4.74 Å². The highest BCUT2D eigenvalue weighted by Gasteiger charge is 2.15. The van der Waals surface area contributed by atoms with Crippen molar-refractivity contribution in [3.8, 4) is 32.6 Å². The Kier molecular flexibility index (Phi) is 4.60. The van der Waals surface area contributed by atoms with Crippen LogP contribution in [0.15, 0.2) is 42.7 Å². The van der Waals surface area contributed by atoms with Crippen LogP contribution in [0.5, 0.6) is 11.6 Å². The van der Waals surface area contributed by atoms with Gasteiger partial charge >= 0.3 is 6.61 Å². The van der Waals surface area contributed by atoms with E-state index in [4.69, 9.17) is 0 Å². The van der Waals surface area contributed by atoms with E-state index < -0.39 is 12.4 Å². The summed E-state index contributed by atoms with van der Waals surface area (Å²) in [7, 11) is 0. The van der Waals surface area contributed by atoms with Gasteiger partial charge in [-0.2, -0.15) is 8.78 Å². The van der Waals surface area contributed by atoms with Crippen molar-refractivity contribution in [2.75, 3.05) is 0 Å². The molecular weight excluding hydrogens is 391 g/mol. The van der Waals surface area contributed by atoms with Crippen molar-refractivity contribution in [1.82, 2.24) is 15.0 Å². The molecular formula is C19H12F3N3O2S. The van der Waals surface area contributed by atoms with Gasteiger partial charge in [-0.05, 0) is 42.3 Å². The van der Waals surface area contributed by atoms with Gasteiger partial charge in [0.25, 0.3) is 0 Å². The first-order chi connectivity index (χ1) is 13.4. The van der Waals surface area contributed by atoms with Crippen molar-refractivity contribution in [2.45, 2.75) is 13.5 Å². The number of phenolic OH excluding ortho intramolecular Hbond substituents is 1. The van der Waals surface area contributed by atoms with E-state index in [1.807, 2.05) is 13.0 Å². The lowest BCUT2D eigenvalue weighted by molar-refractivity contribution is -0.0528. The van der Waals surface area contributed by atoms with E-state index in [0.717, 1.165) is 17.8 Å². The SMILES string of the molecule is Cc1cc(-c2ncc(-c3cc(O)cc(F)c3)s2)c2ncc(OC(F)F)nc2c1. The van der Waals surface area contributed by atoms with Crippen LogP contribution in [0.3, 0.4) is 0 Å². The molecule has 0 unspecified atom stereocenters. The van der Waals surface area contributed by atoms with Crippen LogP contribution >= 0.6 is 11.3 Å². The van der Waals surface area contributed by atoms with Crippen molar-refractivity contribution in [2.24, 2.45) is 0 Å². The summed E-state index contributed by atoms with van der Waals surface area (Å²) in [5.74, 6) is -0.999. The first kappa shape index (κ1) is 18.2. The summed E-state index contributed by atoms with van der Waals surface area (Å²) >= 11 is 1.29. The lowest BCUT2D eigenvalue weighted by Gasteiger charge is -2.07. The maximum Gasteiger partial charge on any atom is 0.388 e. The number of aromatic hydroxyl groups is 1. The summed E-state index contributed by atoms with van der Waals surface area (Å²) in [6.45, 7) is -1.15. The van der Waals surface area contributed by atoms with Crippen LogP contribution in [0.2, 0.25) is 0 Å². The molecule has 2 aromatic heterocycles. The number of hydrogen-bond acceptors (Lipinski definition) is 6. The van der Waals surface area contributed by atoms with E-state index in [1.165, 1.54) is 23.5 Å². The zero-order valence-corrected chi connectivity index (χ0v) is 15.2. The van der Waals surface area contributed by atoms with E-state index in [2.05, 4.69) is 19.7 Å². The molecule has 0 radical (unpaired) electrons. The minimum absolute atomic E-state index is 0.177. The highest BCUT2D eigenvalue weighted by atomic mass is 32.1. The first-order valence-electron chi connectivity index (χ1n) is 8.07. The Morgan fingerprint density at radius 3 is 2.64 bits per heavy atom. The molecule has 9 heteroatoms. The summed E-state index contributed by atoms with van der Waals surface area (Å²) < 4.78 is 42.7. The van der Waals surface area contributed by atoms with Crippen LogP contribution in [-0.2, 0) is 0 Å². The fourth-order valence-corrected chi connectivity index (χ4v) is 3.73. The molecule has 0 bridgehead atoms. The topological polar surface area (TPSA) is 68.1 Å². The number of thiazole rings is 1. The quantitative estimate of drug-likeness (QED) is 0.509. The van der Waals surface area contributed by atoms with Gasteiger partial charge in [0.15, 0.2) is 0 Å². The molecule has 142 valence electrons. The summed E-state index contributed by atoms with van der Waals surface area (Å²) in [6, 6.07) is 7.34. The predicted octanol–water partition coefficient (Wildman–Crippen LogP) is 5.17. The standard InChI is InChI=1S/C19H12F3N3O2S/c1-9-2-13(17-14(3-9)25-16(8-23-17)27-19(21)22)18-24-7-15(28-18)10-4-11(20)6-12(26)5-10/h2-8,19,26H,1H3. The molecule has 0 fully saturated rings. The zero-order valence-electron chi connectivity index (χ0n) is 14.4. The Labute approximate surface area is 161 Å². The van der Waals surface area contributed by atoms with Crippen LogP contribution in [0, 0.1) is 12.7 Å². The monoisotopic (exact) mass is 403 g/mol. The lowest BCUT2D eigenvalue weighted by Crippen LogP contribution is -2.04. The molecule has 4 aromatic rings. The minimum atomic E-state index is -2.99. The molecule has 0 aliphatic heterocycles. The van der Waals surface area contributed by atoms with E-state index in [0.29, 0.717) is 32.0 Å². The molecule has 0 aliphatic rings. The number of aryl methyl sites for hydroxylation is 1. The number of halogens is 3. The number of alkyl halides is 2. The van der Waals surface area contributed by atoms with E-state index in [9.17, 15) is 18.3 Å². The van der Waals surface area contributed by atoms with Gasteiger partial charge in [0.1, 0.15) is 16.6 Å². The average molecular weight is 403 g/mol. The maximum absolute atomic E-state index is 13.6. The molecule has 0 saturated heterocycles. The van der Waals surface area contributed by atoms with Crippen molar-refractivity contribution in [1.29, 1.82) is 0 Å². The summed E-state index contributed by atoms with van der Waals surface area (Å²) in [6.07, 6.45) is 2.70. The molecule has 2 aromatic carbocycles. The molecule has 0 atom stereocenters. The highest BCUT2D eigenvalue weighted by molar-refractivity contribution is 7.18. The minimum Gasteiger partial charge on any atom is -0.508 e. The second kappa shape index (κ2) is 7.08. The lowest BCUT2D eigenvalue weighted by atomic mass is 10.1. The van der Waals surface area contributed by atoms with Gasteiger partial charge < -0.3 is 9.84 Å². The zero-order chi connectivity index (χ0) is 19.8. The fourth-order valence-electron chi connectivity index (χ4n) is 2.81. The molecule has 1 N–H and O–H groups in total. The van der Waals surface area contributed by atoms with Gasteiger partial charge in [0.2, 0.25) is 5.88 Å². The van der Waals surface area contributed by atoms with Crippen molar-refractivity contribution in [3.63, 3.8) is 0 Å². The number of ether oxygens (including phenoxy) is 1. The Bertz CT molecular complexity index is 1160. The number of fused-ring (bicyclic) bond motifs is 1. The number of benzene rings is 2. The van der Waals surface area contributed by atoms with Crippen LogP contribution in [0.25, 0.3) is 32.0 Å². The molecule has 5 nitrogen and oxygen atoms in total. The predicted molar refractivity (Wildman–Crippen MR) is 99.1 cm³/mol. The third-order valence-corrected chi connectivity index (χ3v) is 4.96. The summed E-state index contributed by atoms with van der Waals surface area (Å²) in [4.78, 5) is 13.3. The molecule has 0 aliphatic carbocycles. The Morgan fingerprint density at radius 1 is 1.07 bits per heavy atom. The Balaban J connectivity index is 1.80. The van der Waals surface area contributed by atoms with Crippen LogP contribution in [0.4, 0.5) is 13.2 Å². The van der Waals surface area contributed by atoms with Crippen LogP contribution in [0.1, 0.15) is 5.56 Å². The highest BCUT2D eigenvalue weighted by Crippen LogP contribution is 2.36. The van der Waals surface area contributed by atoms with E-state index in [-0.39, 0.29) is 11.6 Å². The number of nitrogens with zero attached hydrogens (tertiary/aromatic N) is 3. The van der Waals surface area contributed by atoms with Crippen molar-refractivity contribution in [3.05, 3.63) is 54.1 Å². The third-order valence-electron chi connectivity index (χ3n) is 3.88. The van der Waals surface area contributed by atoms with Gasteiger partial charge in [-0.25, -0.2) is 19.3 Å². The van der Waals surface area contributed by atoms with Gasteiger partial charge in [0.05, 0.1) is 22.1 Å². The molecule has 0 saturated carbocycles. The van der Waals surface area contributed by atoms with Gasteiger partial charge in [0, 0.05) is 17.8 Å². The second-order valence-corrected chi connectivity index (χ2v) is 7.03. The summed E-state index contributed by atoms with van der Waals surface area (Å²) in [5, 5.41) is 10.2. The number of phenols is 1. The van der Waals surface area contributed by atoms with Crippen LogP contribution in [-0.4, -0.2) is 26.7 Å². The smallest absolute Gasteiger partial charge is 0.388 e. The number of aromatic nitrogens is 3.